The lowest BCUT2D eigenvalue weighted by Gasteiger charge is -2.17. The molecule has 6 heteroatoms. The predicted molar refractivity (Wildman–Crippen MR) is 77.9 cm³/mol. The molecule has 2 aromatic rings. The van der Waals surface area contributed by atoms with E-state index in [2.05, 4.69) is 10.3 Å². The number of nitrogens with one attached hydrogen (secondary N) is 1. The topological polar surface area (TPSA) is 45.2 Å². The van der Waals surface area contributed by atoms with Crippen molar-refractivity contribution in [3.8, 4) is 0 Å². The molecule has 104 valence electrons. The Kier molecular flexibility index (Phi) is 4.20. The van der Waals surface area contributed by atoms with Gasteiger partial charge in [0.2, 0.25) is 0 Å². The first-order chi connectivity index (χ1) is 9.51. The number of nitrogens with zero attached hydrogens (tertiary/aromatic N) is 2. The van der Waals surface area contributed by atoms with Gasteiger partial charge in [0.15, 0.2) is 0 Å². The van der Waals surface area contributed by atoms with E-state index in [0.29, 0.717) is 17.1 Å². The van der Waals surface area contributed by atoms with E-state index >= 15 is 0 Å². The molecular formula is C14H13ClFN3O. The van der Waals surface area contributed by atoms with Crippen LogP contribution in [-0.2, 0) is 0 Å². The average molecular weight is 294 g/mol. The molecule has 0 spiro atoms. The van der Waals surface area contributed by atoms with E-state index in [1.54, 1.807) is 20.2 Å². The molecule has 1 aromatic heterocycles. The molecule has 0 saturated carbocycles. The number of hydrogen-bond acceptors (Lipinski definition) is 3. The first kappa shape index (κ1) is 14.3. The number of benzene rings is 1. The fourth-order valence-electron chi connectivity index (χ4n) is 1.72. The molecular weight excluding hydrogens is 281 g/mol. The van der Waals surface area contributed by atoms with Gasteiger partial charge in [0.25, 0.3) is 5.91 Å². The molecule has 4 nitrogen and oxygen atoms in total. The number of pyridine rings is 1. The lowest BCUT2D eigenvalue weighted by atomic mass is 10.2. The quantitative estimate of drug-likeness (QED) is 0.884. The van der Waals surface area contributed by atoms with Crippen LogP contribution in [0.2, 0.25) is 5.15 Å². The summed E-state index contributed by atoms with van der Waals surface area (Å²) in [5, 5.41) is 3.06. The van der Waals surface area contributed by atoms with E-state index in [4.69, 9.17) is 11.6 Å². The SMILES string of the molecule is CNc1cc(C(=O)N(C)c2ccc(F)cc2)cc(Cl)n1. The van der Waals surface area contributed by atoms with Crippen LogP contribution >= 0.6 is 11.6 Å². The Labute approximate surface area is 121 Å². The molecule has 0 aliphatic rings. The number of anilines is 2. The average Bonchev–Trinajstić information content (AvgIpc) is 2.45. The molecule has 1 heterocycles. The number of amides is 1. The fraction of sp³-hybridized carbons (Fsp3) is 0.143. The van der Waals surface area contributed by atoms with Gasteiger partial charge >= 0.3 is 0 Å². The van der Waals surface area contributed by atoms with Gasteiger partial charge < -0.3 is 10.2 Å². The standard InChI is InChI=1S/C14H13ClFN3O/c1-17-13-8-9(7-12(15)18-13)14(20)19(2)11-5-3-10(16)4-6-11/h3-8H,1-2H3,(H,17,18). The van der Waals surface area contributed by atoms with E-state index in [9.17, 15) is 9.18 Å². The largest absolute Gasteiger partial charge is 0.373 e. The Morgan fingerprint density at radius 2 is 1.95 bits per heavy atom. The van der Waals surface area contributed by atoms with Gasteiger partial charge in [-0.05, 0) is 36.4 Å². The normalized spacial score (nSPS) is 10.2. The summed E-state index contributed by atoms with van der Waals surface area (Å²) in [7, 11) is 3.31. The number of hydrogen-bond donors (Lipinski definition) is 1. The molecule has 0 unspecified atom stereocenters. The number of aromatic nitrogens is 1. The van der Waals surface area contributed by atoms with Gasteiger partial charge in [-0.15, -0.1) is 0 Å². The highest BCUT2D eigenvalue weighted by Gasteiger charge is 2.15. The summed E-state index contributed by atoms with van der Waals surface area (Å²) in [4.78, 5) is 17.8. The van der Waals surface area contributed by atoms with Crippen LogP contribution in [0, 0.1) is 5.82 Å². The second kappa shape index (κ2) is 5.88. The molecule has 0 bridgehead atoms. The Hall–Kier alpha value is -2.14. The number of halogens is 2. The minimum absolute atomic E-state index is 0.229. The monoisotopic (exact) mass is 293 g/mol. The smallest absolute Gasteiger partial charge is 0.258 e. The van der Waals surface area contributed by atoms with Gasteiger partial charge in [-0.1, -0.05) is 11.6 Å². The molecule has 0 saturated heterocycles. The maximum absolute atomic E-state index is 12.9. The van der Waals surface area contributed by atoms with Crippen LogP contribution in [0.1, 0.15) is 10.4 Å². The first-order valence-corrected chi connectivity index (χ1v) is 6.28. The van der Waals surface area contributed by atoms with Crippen molar-refractivity contribution in [2.24, 2.45) is 0 Å². The second-order valence-corrected chi connectivity index (χ2v) is 4.54. The lowest BCUT2D eigenvalue weighted by molar-refractivity contribution is 0.0993. The summed E-state index contributed by atoms with van der Waals surface area (Å²) in [5.41, 5.74) is 0.997. The molecule has 0 aliphatic heterocycles. The Bertz CT molecular complexity index is 631. The fourth-order valence-corrected chi connectivity index (χ4v) is 1.93. The molecule has 0 aliphatic carbocycles. The maximum Gasteiger partial charge on any atom is 0.258 e. The summed E-state index contributed by atoms with van der Waals surface area (Å²) in [5.74, 6) is -0.0928. The van der Waals surface area contributed by atoms with Crippen molar-refractivity contribution in [1.29, 1.82) is 0 Å². The van der Waals surface area contributed by atoms with Crippen LogP contribution in [0.3, 0.4) is 0 Å². The van der Waals surface area contributed by atoms with Gasteiger partial charge in [0.1, 0.15) is 16.8 Å². The van der Waals surface area contributed by atoms with E-state index in [0.717, 1.165) is 0 Å². The van der Waals surface area contributed by atoms with Gasteiger partial charge in [-0.25, -0.2) is 9.37 Å². The molecule has 0 radical (unpaired) electrons. The van der Waals surface area contributed by atoms with Crippen LogP contribution in [0.4, 0.5) is 15.9 Å². The maximum atomic E-state index is 12.9. The van der Waals surface area contributed by atoms with Crippen molar-refractivity contribution in [2.75, 3.05) is 24.3 Å². The zero-order chi connectivity index (χ0) is 14.7. The third kappa shape index (κ3) is 3.05. The minimum atomic E-state index is -0.348. The summed E-state index contributed by atoms with van der Waals surface area (Å²) in [6.45, 7) is 0. The van der Waals surface area contributed by atoms with Crippen LogP contribution in [-0.4, -0.2) is 25.0 Å². The van der Waals surface area contributed by atoms with Crippen molar-refractivity contribution in [2.45, 2.75) is 0 Å². The van der Waals surface area contributed by atoms with Crippen LogP contribution in [0.5, 0.6) is 0 Å². The van der Waals surface area contributed by atoms with E-state index in [1.165, 1.54) is 35.2 Å². The van der Waals surface area contributed by atoms with Crippen molar-refractivity contribution in [3.05, 3.63) is 52.9 Å². The molecule has 0 atom stereocenters. The summed E-state index contributed by atoms with van der Waals surface area (Å²) in [6.07, 6.45) is 0. The Balaban J connectivity index is 2.30. The van der Waals surface area contributed by atoms with Crippen LogP contribution in [0.25, 0.3) is 0 Å². The Morgan fingerprint density at radius 3 is 2.55 bits per heavy atom. The molecule has 20 heavy (non-hydrogen) atoms. The van der Waals surface area contributed by atoms with Crippen LogP contribution < -0.4 is 10.2 Å². The van der Waals surface area contributed by atoms with Gasteiger partial charge in [0.05, 0.1) is 0 Å². The molecule has 0 fully saturated rings. The predicted octanol–water partition coefficient (Wildman–Crippen LogP) is 3.19. The van der Waals surface area contributed by atoms with Gasteiger partial charge in [0, 0.05) is 25.3 Å². The third-order valence-corrected chi connectivity index (χ3v) is 3.01. The molecule has 1 N–H and O–H groups in total. The van der Waals surface area contributed by atoms with E-state index < -0.39 is 0 Å². The van der Waals surface area contributed by atoms with Gasteiger partial charge in [-0.3, -0.25) is 4.79 Å². The van der Waals surface area contributed by atoms with E-state index in [1.807, 2.05) is 0 Å². The van der Waals surface area contributed by atoms with Crippen molar-refractivity contribution >= 4 is 29.0 Å². The van der Waals surface area contributed by atoms with Crippen molar-refractivity contribution < 1.29 is 9.18 Å². The highest BCUT2D eigenvalue weighted by atomic mass is 35.5. The van der Waals surface area contributed by atoms with E-state index in [-0.39, 0.29) is 16.9 Å². The number of carbonyl (C=O) groups is 1. The summed E-state index contributed by atoms with van der Waals surface area (Å²) < 4.78 is 12.9. The third-order valence-electron chi connectivity index (χ3n) is 2.82. The zero-order valence-electron chi connectivity index (χ0n) is 11.0. The zero-order valence-corrected chi connectivity index (χ0v) is 11.8. The van der Waals surface area contributed by atoms with Crippen molar-refractivity contribution in [3.63, 3.8) is 0 Å². The van der Waals surface area contributed by atoms with Crippen LogP contribution in [0.15, 0.2) is 36.4 Å². The molecule has 2 rings (SSSR count). The molecule has 1 aromatic carbocycles. The highest BCUT2D eigenvalue weighted by molar-refractivity contribution is 6.30. The highest BCUT2D eigenvalue weighted by Crippen LogP contribution is 2.19. The van der Waals surface area contributed by atoms with Gasteiger partial charge in [-0.2, -0.15) is 0 Å². The van der Waals surface area contributed by atoms with Crippen molar-refractivity contribution in [1.82, 2.24) is 4.98 Å². The number of carbonyl (C=O) groups excluding carboxylic acids is 1. The molecule has 1 amide bonds. The Morgan fingerprint density at radius 1 is 1.30 bits per heavy atom. The minimum Gasteiger partial charge on any atom is -0.373 e. The lowest BCUT2D eigenvalue weighted by Crippen LogP contribution is -2.26. The second-order valence-electron chi connectivity index (χ2n) is 4.15. The number of rotatable bonds is 3. The first-order valence-electron chi connectivity index (χ1n) is 5.90. The summed E-state index contributed by atoms with van der Waals surface area (Å²) >= 11 is 5.87. The summed E-state index contributed by atoms with van der Waals surface area (Å²) in [6, 6.07) is 8.78.